The Morgan fingerprint density at radius 3 is 2.88 bits per heavy atom. The number of halogens is 1. The first-order valence-electron chi connectivity index (χ1n) is 4.98. The molecule has 5 nitrogen and oxygen atoms in total. The summed E-state index contributed by atoms with van der Waals surface area (Å²) < 4.78 is 0.915. The number of nitrogens with zero attached hydrogens (tertiary/aromatic N) is 1. The molecule has 1 aromatic rings. The van der Waals surface area contributed by atoms with Crippen LogP contribution in [-0.4, -0.2) is 24.3 Å². The summed E-state index contributed by atoms with van der Waals surface area (Å²) in [4.78, 5) is 26.6. The number of aliphatic imine (C=N–C) groups is 1. The maximum Gasteiger partial charge on any atom is 0.258 e. The Morgan fingerprint density at radius 1 is 1.53 bits per heavy atom. The number of carbonyl (C=O) groups is 2. The van der Waals surface area contributed by atoms with Gasteiger partial charge in [0.1, 0.15) is 6.54 Å². The number of amides is 2. The lowest BCUT2D eigenvalue weighted by Gasteiger charge is -2.07. The average molecular weight is 296 g/mol. The molecule has 2 amide bonds. The molecule has 0 fully saturated rings. The average Bonchev–Trinajstić information content (AvgIpc) is 2.63. The van der Waals surface area contributed by atoms with Crippen molar-refractivity contribution >= 4 is 33.7 Å². The van der Waals surface area contributed by atoms with Crippen LogP contribution in [0.3, 0.4) is 0 Å². The van der Waals surface area contributed by atoms with Crippen molar-refractivity contribution in [3.05, 3.63) is 33.8 Å². The largest absolute Gasteiger partial charge is 0.295 e. The normalized spacial score (nSPS) is 14.2. The summed E-state index contributed by atoms with van der Waals surface area (Å²) in [5.74, 6) is -0.286. The number of aryl methyl sites for hydroxylation is 1. The standard InChI is InChI=1S/C11H10BrN3O2/c1-6-4-7(12)2-3-8(6)10(17)15-11-13-5-9(16)14-11/h2-4H,5H2,1H3,(H2,13,14,15,16,17). The second kappa shape index (κ2) is 4.67. The quantitative estimate of drug-likeness (QED) is 0.811. The molecule has 0 saturated heterocycles. The molecule has 0 atom stereocenters. The lowest BCUT2D eigenvalue weighted by molar-refractivity contribution is -0.117. The van der Waals surface area contributed by atoms with Crippen LogP contribution in [-0.2, 0) is 4.79 Å². The maximum absolute atomic E-state index is 11.9. The molecule has 0 unspecified atom stereocenters. The van der Waals surface area contributed by atoms with Crippen molar-refractivity contribution in [3.63, 3.8) is 0 Å². The number of guanidine groups is 1. The van der Waals surface area contributed by atoms with Gasteiger partial charge in [0.25, 0.3) is 5.91 Å². The molecule has 1 aliphatic rings. The summed E-state index contributed by atoms with van der Waals surface area (Å²) in [5.41, 5.74) is 1.40. The summed E-state index contributed by atoms with van der Waals surface area (Å²) in [5, 5.41) is 5.00. The predicted octanol–water partition coefficient (Wildman–Crippen LogP) is 0.973. The highest BCUT2D eigenvalue weighted by Crippen LogP contribution is 2.15. The summed E-state index contributed by atoms with van der Waals surface area (Å²) in [6, 6.07) is 5.35. The van der Waals surface area contributed by atoms with Gasteiger partial charge in [-0.1, -0.05) is 15.9 Å². The molecule has 1 heterocycles. The molecule has 2 N–H and O–H groups in total. The highest BCUT2D eigenvalue weighted by atomic mass is 79.9. The zero-order valence-corrected chi connectivity index (χ0v) is 10.7. The van der Waals surface area contributed by atoms with E-state index < -0.39 is 0 Å². The van der Waals surface area contributed by atoms with E-state index in [-0.39, 0.29) is 24.3 Å². The molecule has 88 valence electrons. The fraction of sp³-hybridized carbons (Fsp3) is 0.182. The van der Waals surface area contributed by atoms with Gasteiger partial charge in [0.05, 0.1) is 0 Å². The summed E-state index contributed by atoms with van der Waals surface area (Å²) >= 11 is 3.33. The molecule has 0 spiro atoms. The monoisotopic (exact) mass is 295 g/mol. The Hall–Kier alpha value is -1.69. The Labute approximate surface area is 106 Å². The van der Waals surface area contributed by atoms with Gasteiger partial charge in [-0.05, 0) is 30.7 Å². The van der Waals surface area contributed by atoms with Crippen LogP contribution in [0.2, 0.25) is 0 Å². The molecular formula is C11H10BrN3O2. The number of carbonyl (C=O) groups excluding carboxylic acids is 2. The highest BCUT2D eigenvalue weighted by molar-refractivity contribution is 9.10. The van der Waals surface area contributed by atoms with Gasteiger partial charge in [-0.2, -0.15) is 0 Å². The van der Waals surface area contributed by atoms with Crippen molar-refractivity contribution < 1.29 is 9.59 Å². The zero-order valence-electron chi connectivity index (χ0n) is 9.08. The van der Waals surface area contributed by atoms with Crippen LogP contribution >= 0.6 is 15.9 Å². The van der Waals surface area contributed by atoms with E-state index in [1.165, 1.54) is 0 Å². The van der Waals surface area contributed by atoms with Gasteiger partial charge in [-0.3, -0.25) is 20.2 Å². The van der Waals surface area contributed by atoms with Crippen molar-refractivity contribution in [3.8, 4) is 0 Å². The SMILES string of the molecule is Cc1cc(Br)ccc1C(=O)NC1=NCC(=O)N1. The Balaban J connectivity index is 2.12. The second-order valence-corrected chi connectivity index (χ2v) is 4.54. The first kappa shape index (κ1) is 11.8. The van der Waals surface area contributed by atoms with Crippen molar-refractivity contribution in [2.75, 3.05) is 6.54 Å². The van der Waals surface area contributed by atoms with Gasteiger partial charge in [-0.15, -0.1) is 0 Å². The zero-order chi connectivity index (χ0) is 12.4. The van der Waals surface area contributed by atoms with Crippen molar-refractivity contribution in [1.82, 2.24) is 10.6 Å². The number of nitrogens with one attached hydrogen (secondary N) is 2. The third-order valence-electron chi connectivity index (χ3n) is 2.30. The lowest BCUT2D eigenvalue weighted by atomic mass is 10.1. The van der Waals surface area contributed by atoms with E-state index in [1.807, 2.05) is 13.0 Å². The van der Waals surface area contributed by atoms with E-state index in [1.54, 1.807) is 12.1 Å². The van der Waals surface area contributed by atoms with Crippen LogP contribution in [0.15, 0.2) is 27.7 Å². The summed E-state index contributed by atoms with van der Waals surface area (Å²) in [6.45, 7) is 1.91. The molecule has 0 radical (unpaired) electrons. The number of hydrogen-bond acceptors (Lipinski definition) is 3. The van der Waals surface area contributed by atoms with Gasteiger partial charge in [0.2, 0.25) is 11.9 Å². The second-order valence-electron chi connectivity index (χ2n) is 3.63. The Bertz CT molecular complexity index is 525. The van der Waals surface area contributed by atoms with Gasteiger partial charge in [0, 0.05) is 10.0 Å². The fourth-order valence-electron chi connectivity index (χ4n) is 1.49. The Morgan fingerprint density at radius 2 is 2.29 bits per heavy atom. The van der Waals surface area contributed by atoms with Crippen molar-refractivity contribution in [2.45, 2.75) is 6.92 Å². The van der Waals surface area contributed by atoms with Crippen LogP contribution in [0.5, 0.6) is 0 Å². The van der Waals surface area contributed by atoms with Crippen molar-refractivity contribution in [2.24, 2.45) is 4.99 Å². The van der Waals surface area contributed by atoms with Gasteiger partial charge >= 0.3 is 0 Å². The van der Waals surface area contributed by atoms with Crippen LogP contribution in [0.1, 0.15) is 15.9 Å². The molecule has 2 rings (SSSR count). The fourth-order valence-corrected chi connectivity index (χ4v) is 1.97. The van der Waals surface area contributed by atoms with Gasteiger partial charge in [-0.25, -0.2) is 4.99 Å². The molecule has 0 saturated carbocycles. The topological polar surface area (TPSA) is 70.6 Å². The maximum atomic E-state index is 11.9. The summed E-state index contributed by atoms with van der Waals surface area (Å²) in [7, 11) is 0. The third-order valence-corrected chi connectivity index (χ3v) is 2.80. The highest BCUT2D eigenvalue weighted by Gasteiger charge is 2.17. The van der Waals surface area contributed by atoms with Gasteiger partial charge in [0.15, 0.2) is 0 Å². The molecular weight excluding hydrogens is 286 g/mol. The molecule has 0 aromatic heterocycles. The summed E-state index contributed by atoms with van der Waals surface area (Å²) in [6.07, 6.45) is 0. The minimum absolute atomic E-state index is 0.0644. The van der Waals surface area contributed by atoms with Gasteiger partial charge < -0.3 is 0 Å². The number of rotatable bonds is 1. The minimum atomic E-state index is -0.282. The molecule has 17 heavy (non-hydrogen) atoms. The molecule has 1 aromatic carbocycles. The van der Waals surface area contributed by atoms with Crippen molar-refractivity contribution in [1.29, 1.82) is 0 Å². The van der Waals surface area contributed by atoms with E-state index in [0.29, 0.717) is 5.56 Å². The van der Waals surface area contributed by atoms with Crippen LogP contribution in [0.25, 0.3) is 0 Å². The predicted molar refractivity (Wildman–Crippen MR) is 66.8 cm³/mol. The van der Waals surface area contributed by atoms with Crippen LogP contribution in [0, 0.1) is 6.92 Å². The van der Waals surface area contributed by atoms with Crippen LogP contribution < -0.4 is 10.6 Å². The molecule has 0 bridgehead atoms. The van der Waals surface area contributed by atoms with Crippen LogP contribution in [0.4, 0.5) is 0 Å². The smallest absolute Gasteiger partial charge is 0.258 e. The van der Waals surface area contributed by atoms with E-state index in [4.69, 9.17) is 0 Å². The lowest BCUT2D eigenvalue weighted by Crippen LogP contribution is -2.40. The van der Waals surface area contributed by atoms with E-state index in [9.17, 15) is 9.59 Å². The molecule has 6 heteroatoms. The third kappa shape index (κ3) is 2.71. The minimum Gasteiger partial charge on any atom is -0.295 e. The first-order valence-corrected chi connectivity index (χ1v) is 5.77. The van der Waals surface area contributed by atoms with E-state index in [2.05, 4.69) is 31.6 Å². The number of benzene rings is 1. The number of hydrogen-bond donors (Lipinski definition) is 2. The molecule has 0 aliphatic carbocycles. The molecule has 1 aliphatic heterocycles. The van der Waals surface area contributed by atoms with E-state index in [0.717, 1.165) is 10.0 Å². The Kier molecular flexibility index (Phi) is 3.23. The van der Waals surface area contributed by atoms with E-state index >= 15 is 0 Å². The first-order chi connectivity index (χ1) is 8.06.